The zero-order valence-electron chi connectivity index (χ0n) is 21.7. The van der Waals surface area contributed by atoms with Crippen LogP contribution in [0.5, 0.6) is 0 Å². The van der Waals surface area contributed by atoms with Crippen LogP contribution in [-0.4, -0.2) is 65.4 Å². The van der Waals surface area contributed by atoms with Gasteiger partial charge in [-0.3, -0.25) is 9.59 Å². The summed E-state index contributed by atoms with van der Waals surface area (Å²) in [5.74, 6) is -0.841. The summed E-state index contributed by atoms with van der Waals surface area (Å²) in [5.41, 5.74) is 2.83. The molecule has 3 aliphatic rings. The van der Waals surface area contributed by atoms with Gasteiger partial charge in [0.15, 0.2) is 5.82 Å². The van der Waals surface area contributed by atoms with E-state index in [0.717, 1.165) is 68.3 Å². The van der Waals surface area contributed by atoms with Gasteiger partial charge in [-0.25, -0.2) is 13.8 Å². The largest absolute Gasteiger partial charge is 0.359 e. The molecule has 9 heteroatoms. The fourth-order valence-corrected chi connectivity index (χ4v) is 5.88. The summed E-state index contributed by atoms with van der Waals surface area (Å²) < 4.78 is 28.1. The number of nitrogens with one attached hydrogen (secondary N) is 1. The van der Waals surface area contributed by atoms with Gasteiger partial charge in [-0.2, -0.15) is 0 Å². The van der Waals surface area contributed by atoms with Crippen molar-refractivity contribution in [3.8, 4) is 11.1 Å². The first-order chi connectivity index (χ1) is 19.0. The number of carbonyl (C=O) groups excluding carboxylic acids is 2. The van der Waals surface area contributed by atoms with E-state index < -0.39 is 11.6 Å². The van der Waals surface area contributed by atoms with E-state index in [4.69, 9.17) is 0 Å². The van der Waals surface area contributed by atoms with Crippen LogP contribution in [0.4, 0.5) is 20.3 Å². The molecule has 0 radical (unpaired) electrons. The minimum absolute atomic E-state index is 0.0162. The highest BCUT2D eigenvalue weighted by atomic mass is 19.1. The third kappa shape index (κ3) is 5.23. The number of likely N-dealkylation sites (tertiary alicyclic amines) is 2. The van der Waals surface area contributed by atoms with Crippen molar-refractivity contribution >= 4 is 23.3 Å². The fourth-order valence-electron chi connectivity index (χ4n) is 5.88. The number of amides is 2. The van der Waals surface area contributed by atoms with Gasteiger partial charge in [-0.1, -0.05) is 12.1 Å². The number of hydrogen-bond acceptors (Lipinski definition) is 5. The normalized spacial score (nSPS) is 19.3. The highest BCUT2D eigenvalue weighted by Gasteiger charge is 2.31. The summed E-state index contributed by atoms with van der Waals surface area (Å²) in [4.78, 5) is 36.5. The Morgan fingerprint density at radius 3 is 2.56 bits per heavy atom. The maximum Gasteiger partial charge on any atom is 0.254 e. The van der Waals surface area contributed by atoms with E-state index in [1.165, 1.54) is 17.7 Å². The highest BCUT2D eigenvalue weighted by Crippen LogP contribution is 2.34. The number of pyridine rings is 1. The molecule has 1 aromatic heterocycles. The molecule has 0 aliphatic carbocycles. The first kappa shape index (κ1) is 25.4. The molecule has 2 saturated heterocycles. The Labute approximate surface area is 226 Å². The third-order valence-corrected chi connectivity index (χ3v) is 7.97. The molecule has 1 atom stereocenters. The lowest BCUT2D eigenvalue weighted by molar-refractivity contribution is -0.117. The van der Waals surface area contributed by atoms with Crippen molar-refractivity contribution in [1.82, 2.24) is 14.8 Å². The summed E-state index contributed by atoms with van der Waals surface area (Å²) in [5, 5.41) is 2.99. The van der Waals surface area contributed by atoms with Crippen molar-refractivity contribution in [3.05, 3.63) is 77.5 Å². The molecular formula is C30H31F2N5O2. The minimum atomic E-state index is -0.575. The first-order valence-corrected chi connectivity index (χ1v) is 13.6. The van der Waals surface area contributed by atoms with Gasteiger partial charge >= 0.3 is 0 Å². The van der Waals surface area contributed by atoms with E-state index in [1.807, 2.05) is 35.2 Å². The second-order valence-electron chi connectivity index (χ2n) is 10.5. The third-order valence-electron chi connectivity index (χ3n) is 7.97. The molecule has 1 N–H and O–H groups in total. The number of halogens is 2. The lowest BCUT2D eigenvalue weighted by Gasteiger charge is -2.30. The zero-order chi connectivity index (χ0) is 26.9. The Hall–Kier alpha value is -3.85. The van der Waals surface area contributed by atoms with Crippen LogP contribution in [0, 0.1) is 11.6 Å². The van der Waals surface area contributed by atoms with Crippen molar-refractivity contribution in [2.45, 2.75) is 38.3 Å². The van der Waals surface area contributed by atoms with Gasteiger partial charge in [-0.15, -0.1) is 0 Å². The Balaban J connectivity index is 1.21. The molecule has 2 aromatic carbocycles. The summed E-state index contributed by atoms with van der Waals surface area (Å²) >= 11 is 0. The molecule has 0 spiro atoms. The van der Waals surface area contributed by atoms with Crippen LogP contribution < -0.4 is 10.2 Å². The summed E-state index contributed by atoms with van der Waals surface area (Å²) in [6, 6.07) is 12.7. The molecule has 2 fully saturated rings. The molecule has 39 heavy (non-hydrogen) atoms. The average Bonchev–Trinajstić information content (AvgIpc) is 3.64. The van der Waals surface area contributed by atoms with Crippen LogP contribution in [0.1, 0.15) is 41.6 Å². The molecule has 3 aromatic rings. The van der Waals surface area contributed by atoms with Gasteiger partial charge < -0.3 is 20.0 Å². The molecule has 0 saturated carbocycles. The van der Waals surface area contributed by atoms with Crippen molar-refractivity contribution in [3.63, 3.8) is 0 Å². The molecule has 2 amide bonds. The van der Waals surface area contributed by atoms with Crippen LogP contribution in [-0.2, 0) is 11.3 Å². The lowest BCUT2D eigenvalue weighted by Crippen LogP contribution is -2.42. The van der Waals surface area contributed by atoms with Gasteiger partial charge in [0.25, 0.3) is 5.91 Å². The van der Waals surface area contributed by atoms with Crippen molar-refractivity contribution in [2.75, 3.05) is 42.9 Å². The summed E-state index contributed by atoms with van der Waals surface area (Å²) in [7, 11) is 0. The Bertz CT molecular complexity index is 1390. The number of aromatic nitrogens is 1. The Morgan fingerprint density at radius 1 is 0.974 bits per heavy atom. The molecule has 202 valence electrons. The number of anilines is 2. The van der Waals surface area contributed by atoms with Crippen molar-refractivity contribution in [1.29, 1.82) is 0 Å². The second-order valence-corrected chi connectivity index (χ2v) is 10.5. The molecule has 0 bridgehead atoms. The smallest absolute Gasteiger partial charge is 0.254 e. The maximum atomic E-state index is 14.3. The van der Waals surface area contributed by atoms with E-state index in [9.17, 15) is 18.4 Å². The first-order valence-electron chi connectivity index (χ1n) is 13.6. The molecular weight excluding hydrogens is 500 g/mol. The van der Waals surface area contributed by atoms with Gasteiger partial charge in [0.2, 0.25) is 5.91 Å². The monoisotopic (exact) mass is 531 g/mol. The van der Waals surface area contributed by atoms with Gasteiger partial charge in [0.1, 0.15) is 11.6 Å². The number of nitrogens with zero attached hydrogens (tertiary/aromatic N) is 4. The molecule has 6 rings (SSSR count). The maximum absolute atomic E-state index is 14.3. The highest BCUT2D eigenvalue weighted by molar-refractivity contribution is 6.02. The lowest BCUT2D eigenvalue weighted by atomic mass is 10.0. The number of hydrogen-bond donors (Lipinski definition) is 1. The van der Waals surface area contributed by atoms with E-state index in [2.05, 4.69) is 15.2 Å². The van der Waals surface area contributed by atoms with Crippen molar-refractivity contribution in [2.24, 2.45) is 0 Å². The van der Waals surface area contributed by atoms with E-state index in [0.29, 0.717) is 17.1 Å². The number of rotatable bonds is 6. The summed E-state index contributed by atoms with van der Waals surface area (Å²) in [6.45, 7) is 3.89. The standard InChI is InChI=1S/C30H31F2N5O2/c31-24-9-10-26(32)23(14-24)18-37-27-15-22(16-33-29(27)34-17-28(37)38)20-5-7-21(8-6-20)30(39)36-13-3-4-25(36)19-35-11-1-2-12-35/h5-10,14-16,25H,1-4,11-13,17-19H2,(H,33,34)/t25-/m0/s1. The quantitative estimate of drug-likeness (QED) is 0.500. The van der Waals surface area contributed by atoms with Gasteiger partial charge in [0.05, 0.1) is 18.8 Å². The number of carbonyl (C=O) groups is 2. The SMILES string of the molecule is O=C1CNc2ncc(-c3ccc(C(=O)N4CCC[C@H]4CN4CCCC4)cc3)cc2N1Cc1cc(F)ccc1F. The predicted octanol–water partition coefficient (Wildman–Crippen LogP) is 4.69. The molecule has 4 heterocycles. The van der Waals surface area contributed by atoms with Crippen molar-refractivity contribution < 1.29 is 18.4 Å². The average molecular weight is 532 g/mol. The zero-order valence-corrected chi connectivity index (χ0v) is 21.7. The van der Waals surface area contributed by atoms with E-state index >= 15 is 0 Å². The number of benzene rings is 2. The fraction of sp³-hybridized carbons (Fsp3) is 0.367. The van der Waals surface area contributed by atoms with E-state index in [1.54, 1.807) is 6.20 Å². The van der Waals surface area contributed by atoms with Gasteiger partial charge in [-0.05, 0) is 80.7 Å². The molecule has 3 aliphatic heterocycles. The molecule has 0 unspecified atom stereocenters. The number of fused-ring (bicyclic) bond motifs is 1. The second kappa shape index (κ2) is 10.7. The van der Waals surface area contributed by atoms with Crippen LogP contribution in [0.2, 0.25) is 0 Å². The van der Waals surface area contributed by atoms with Gasteiger partial charge in [0, 0.05) is 42.0 Å². The Morgan fingerprint density at radius 2 is 1.77 bits per heavy atom. The predicted molar refractivity (Wildman–Crippen MR) is 145 cm³/mol. The molecule has 7 nitrogen and oxygen atoms in total. The summed E-state index contributed by atoms with van der Waals surface area (Å²) in [6.07, 6.45) is 6.26. The van der Waals surface area contributed by atoms with Crippen LogP contribution >= 0.6 is 0 Å². The van der Waals surface area contributed by atoms with Crippen LogP contribution in [0.25, 0.3) is 11.1 Å². The Kier molecular flexibility index (Phi) is 6.99. The van der Waals surface area contributed by atoms with Crippen LogP contribution in [0.3, 0.4) is 0 Å². The van der Waals surface area contributed by atoms with E-state index in [-0.39, 0.29) is 36.5 Å². The van der Waals surface area contributed by atoms with Crippen LogP contribution in [0.15, 0.2) is 54.7 Å². The minimum Gasteiger partial charge on any atom is -0.359 e. The topological polar surface area (TPSA) is 68.8 Å².